The maximum absolute atomic E-state index is 10.7. The first-order chi connectivity index (χ1) is 7.40. The zero-order valence-corrected chi connectivity index (χ0v) is 11.3. The molecule has 0 radical (unpaired) electrons. The van der Waals surface area contributed by atoms with E-state index in [1.807, 2.05) is 20.8 Å². The highest BCUT2D eigenvalue weighted by molar-refractivity contribution is 7.66. The van der Waals surface area contributed by atoms with Gasteiger partial charge in [0, 0.05) is 0 Å². The number of hydrogen-bond donors (Lipinski definition) is 2. The normalized spacial score (nSPS) is 10.6. The van der Waals surface area contributed by atoms with E-state index in [9.17, 15) is 13.2 Å². The van der Waals surface area contributed by atoms with Gasteiger partial charge in [-0.15, -0.1) is 0 Å². The molecule has 0 heterocycles. The number of carbonyl (C=O) groups is 1. The lowest BCUT2D eigenvalue weighted by atomic mass is 10.5. The van der Waals surface area contributed by atoms with E-state index in [1.54, 1.807) is 6.92 Å². The Bertz CT molecular complexity index is 246. The number of amides is 1. The fourth-order valence-electron chi connectivity index (χ4n) is 1.16. The molecule has 0 saturated heterocycles. The van der Waals surface area contributed by atoms with Crippen LogP contribution in [0.2, 0.25) is 0 Å². The predicted octanol–water partition coefficient (Wildman–Crippen LogP) is 0.491. The second kappa shape index (κ2) is 9.41. The number of quaternary nitrogens is 1. The largest absolute Gasteiger partial charge is 0.450 e. The Labute approximate surface area is 99.0 Å². The second-order valence-electron chi connectivity index (χ2n) is 3.03. The van der Waals surface area contributed by atoms with Crippen LogP contribution in [0.5, 0.6) is 0 Å². The molecule has 7 heteroatoms. The number of rotatable bonds is 5. The van der Waals surface area contributed by atoms with Gasteiger partial charge in [0.05, 0.1) is 26.2 Å². The quantitative estimate of drug-likeness (QED) is 0.553. The number of ether oxygens (including phenoxy) is 1. The van der Waals surface area contributed by atoms with Crippen molar-refractivity contribution in [1.29, 1.82) is 0 Å². The molecule has 0 atom stereocenters. The number of carbonyl (C=O) groups excluding carboxylic acids is 1. The highest BCUT2D eigenvalue weighted by Crippen LogP contribution is 2.04. The Hall–Kier alpha value is -0.820. The predicted molar refractivity (Wildman–Crippen MR) is 63.4 cm³/mol. The number of nitrogens with zero attached hydrogens (tertiary/aromatic N) is 1. The highest BCUT2D eigenvalue weighted by Gasteiger charge is 2.22. The zero-order valence-electron chi connectivity index (χ0n) is 10.4. The lowest BCUT2D eigenvalue weighted by Gasteiger charge is -2.27. The van der Waals surface area contributed by atoms with Crippen LogP contribution >= 0.6 is 0 Å². The SMILES string of the molecule is CCOC(N)=O.CC[N+](CC)(CC)[SH](=O)=O. The summed E-state index contributed by atoms with van der Waals surface area (Å²) in [6.45, 7) is 9.78. The molecule has 1 amide bonds. The van der Waals surface area contributed by atoms with Gasteiger partial charge in [0.15, 0.2) is 0 Å². The van der Waals surface area contributed by atoms with Gasteiger partial charge in [-0.05, 0) is 27.7 Å². The molecule has 16 heavy (non-hydrogen) atoms. The summed E-state index contributed by atoms with van der Waals surface area (Å²) < 4.78 is 25.8. The summed E-state index contributed by atoms with van der Waals surface area (Å²) in [5, 5.41) is 0. The van der Waals surface area contributed by atoms with Crippen molar-refractivity contribution in [3.05, 3.63) is 0 Å². The summed E-state index contributed by atoms with van der Waals surface area (Å²) in [6.07, 6.45) is -0.711. The fourth-order valence-corrected chi connectivity index (χ4v) is 1.85. The van der Waals surface area contributed by atoms with Crippen molar-refractivity contribution in [3.63, 3.8) is 0 Å². The van der Waals surface area contributed by atoms with E-state index in [2.05, 4.69) is 10.5 Å². The van der Waals surface area contributed by atoms with Gasteiger partial charge in [-0.25, -0.2) is 8.68 Å². The van der Waals surface area contributed by atoms with Gasteiger partial charge in [-0.2, -0.15) is 8.42 Å². The van der Waals surface area contributed by atoms with Crippen molar-refractivity contribution in [2.75, 3.05) is 26.2 Å². The van der Waals surface area contributed by atoms with Gasteiger partial charge in [-0.1, -0.05) is 0 Å². The number of thiol groups is 1. The van der Waals surface area contributed by atoms with Gasteiger partial charge in [0.1, 0.15) is 0 Å². The average molecular weight is 255 g/mol. The molecule has 0 unspecified atom stereocenters. The third kappa shape index (κ3) is 6.62. The summed E-state index contributed by atoms with van der Waals surface area (Å²) in [5.74, 6) is 0. The average Bonchev–Trinajstić information content (AvgIpc) is 2.21. The Morgan fingerprint density at radius 2 is 1.50 bits per heavy atom. The summed E-state index contributed by atoms with van der Waals surface area (Å²) >= 11 is 0. The fraction of sp³-hybridized carbons (Fsp3) is 0.889. The molecular formula is C9H23N2O4S+. The van der Waals surface area contributed by atoms with Gasteiger partial charge in [0.25, 0.3) is 10.9 Å². The van der Waals surface area contributed by atoms with Gasteiger partial charge < -0.3 is 10.5 Å². The van der Waals surface area contributed by atoms with Crippen molar-refractivity contribution in [2.24, 2.45) is 5.73 Å². The minimum atomic E-state index is -2.31. The first kappa shape index (κ1) is 17.6. The Morgan fingerprint density at radius 3 is 1.50 bits per heavy atom. The number of hydrogen-bond acceptors (Lipinski definition) is 4. The zero-order chi connectivity index (χ0) is 13.2. The molecule has 0 rings (SSSR count). The summed E-state index contributed by atoms with van der Waals surface area (Å²) in [5.41, 5.74) is 4.54. The molecule has 0 aliphatic rings. The molecule has 2 N–H and O–H groups in total. The third-order valence-electron chi connectivity index (χ3n) is 2.40. The molecular weight excluding hydrogens is 232 g/mol. The smallest absolute Gasteiger partial charge is 0.404 e. The number of primary amides is 1. The first-order valence-corrected chi connectivity index (χ1v) is 6.46. The number of nitrogens with two attached hydrogens (primary N) is 1. The maximum Gasteiger partial charge on any atom is 0.404 e. The summed E-state index contributed by atoms with van der Waals surface area (Å²) in [7, 11) is -2.31. The summed E-state index contributed by atoms with van der Waals surface area (Å²) in [4.78, 5) is 9.60. The molecule has 0 saturated carbocycles. The van der Waals surface area contributed by atoms with Crippen molar-refractivity contribution in [3.8, 4) is 0 Å². The van der Waals surface area contributed by atoms with E-state index in [0.717, 1.165) is 0 Å². The van der Waals surface area contributed by atoms with Crippen molar-refractivity contribution in [1.82, 2.24) is 0 Å². The van der Waals surface area contributed by atoms with E-state index >= 15 is 0 Å². The van der Waals surface area contributed by atoms with Crippen LogP contribution in [0.15, 0.2) is 0 Å². The van der Waals surface area contributed by atoms with E-state index in [1.165, 1.54) is 0 Å². The van der Waals surface area contributed by atoms with Crippen molar-refractivity contribution in [2.45, 2.75) is 27.7 Å². The summed E-state index contributed by atoms with van der Waals surface area (Å²) in [6, 6.07) is 0. The molecule has 0 fully saturated rings. The molecule has 0 aliphatic carbocycles. The van der Waals surface area contributed by atoms with Gasteiger partial charge >= 0.3 is 6.09 Å². The third-order valence-corrected chi connectivity index (χ3v) is 3.94. The van der Waals surface area contributed by atoms with Crippen LogP contribution in [0.4, 0.5) is 4.79 Å². The van der Waals surface area contributed by atoms with Crippen LogP contribution in [0.3, 0.4) is 0 Å². The van der Waals surface area contributed by atoms with Crippen LogP contribution in [-0.2, 0) is 15.6 Å². The van der Waals surface area contributed by atoms with Crippen LogP contribution in [0, 0.1) is 0 Å². The van der Waals surface area contributed by atoms with Gasteiger partial charge in [0.2, 0.25) is 0 Å². The molecule has 6 nitrogen and oxygen atoms in total. The van der Waals surface area contributed by atoms with Crippen molar-refractivity contribution >= 4 is 17.0 Å². The van der Waals surface area contributed by atoms with E-state index < -0.39 is 17.0 Å². The monoisotopic (exact) mass is 255 g/mol. The highest BCUT2D eigenvalue weighted by atomic mass is 32.2. The molecule has 0 aliphatic heterocycles. The van der Waals surface area contributed by atoms with Crippen LogP contribution in [0.1, 0.15) is 27.7 Å². The van der Waals surface area contributed by atoms with Crippen LogP contribution in [0.25, 0.3) is 0 Å². The Kier molecular flexibility index (Phi) is 10.3. The van der Waals surface area contributed by atoms with E-state index in [-0.39, 0.29) is 3.89 Å². The topological polar surface area (TPSA) is 86.5 Å². The van der Waals surface area contributed by atoms with Crippen molar-refractivity contribution < 1.29 is 21.8 Å². The van der Waals surface area contributed by atoms with E-state index in [0.29, 0.717) is 26.2 Å². The minimum absolute atomic E-state index is 0.218. The standard InChI is InChI=1S/C6H16NO2S.C3H7NO2/c1-4-7(5-2,6-3)10(8)9;1-2-6-3(4)5/h10H,4-6H2,1-3H3;2H2,1H3,(H2,4,5)/q+1;. The molecule has 0 aromatic carbocycles. The van der Waals surface area contributed by atoms with Gasteiger partial charge in [-0.3, -0.25) is 0 Å². The molecule has 0 bridgehead atoms. The molecule has 98 valence electrons. The molecule has 0 spiro atoms. The Morgan fingerprint density at radius 1 is 1.12 bits per heavy atom. The lowest BCUT2D eigenvalue weighted by molar-refractivity contribution is -0.796. The Balaban J connectivity index is 0. The molecule has 0 aromatic rings. The van der Waals surface area contributed by atoms with Crippen LogP contribution in [-0.4, -0.2) is 44.6 Å². The van der Waals surface area contributed by atoms with Crippen LogP contribution < -0.4 is 5.73 Å². The molecule has 0 aromatic heterocycles. The minimum Gasteiger partial charge on any atom is -0.450 e. The lowest BCUT2D eigenvalue weighted by Crippen LogP contribution is -2.45. The first-order valence-electron chi connectivity index (χ1n) is 5.33. The maximum atomic E-state index is 10.7. The second-order valence-corrected chi connectivity index (χ2v) is 4.36. The van der Waals surface area contributed by atoms with E-state index in [4.69, 9.17) is 0 Å².